The number of ether oxygens (including phenoxy) is 1. The van der Waals surface area contributed by atoms with Crippen LogP contribution in [-0.2, 0) is 10.0 Å². The highest BCUT2D eigenvalue weighted by Gasteiger charge is 2.45. The van der Waals surface area contributed by atoms with Gasteiger partial charge < -0.3 is 15.4 Å². The van der Waals surface area contributed by atoms with E-state index in [1.807, 2.05) is 32.6 Å². The lowest BCUT2D eigenvalue weighted by Gasteiger charge is -2.34. The highest BCUT2D eigenvalue weighted by atomic mass is 32.2. The van der Waals surface area contributed by atoms with Crippen molar-refractivity contribution in [2.45, 2.75) is 58.5 Å². The van der Waals surface area contributed by atoms with Crippen molar-refractivity contribution in [3.63, 3.8) is 0 Å². The molecule has 9 nitrogen and oxygen atoms in total. The largest absolute Gasteiger partial charge is 0.493 e. The first-order chi connectivity index (χ1) is 18.6. The van der Waals surface area contributed by atoms with E-state index in [4.69, 9.17) is 15.5 Å². The van der Waals surface area contributed by atoms with Gasteiger partial charge in [-0.25, -0.2) is 19.1 Å². The Morgan fingerprint density at radius 2 is 1.85 bits per heavy atom. The molecule has 4 rings (SSSR count). The van der Waals surface area contributed by atoms with Gasteiger partial charge in [0.25, 0.3) is 15.9 Å². The standard InChI is InChI=1S/C29H36FN5O4S/c1-18(2)15-39-21-13-19(12-20(30)14-21)23-11-10-22(26(32-23)35-17-28(3,4)16-29(35,5)6)27(36)34-40(37,38)25-9-7-8-24(31)33-25/h7-14,18H,15-17H2,1-6H3,(H2,31,33)(H,34,36). The Kier molecular flexibility index (Phi) is 7.81. The van der Waals surface area contributed by atoms with Gasteiger partial charge >= 0.3 is 0 Å². The van der Waals surface area contributed by atoms with Gasteiger partial charge in [-0.2, -0.15) is 8.42 Å². The second-order valence-corrected chi connectivity index (χ2v) is 13.7. The predicted octanol–water partition coefficient (Wildman–Crippen LogP) is 5.03. The van der Waals surface area contributed by atoms with Crippen molar-refractivity contribution >= 4 is 27.6 Å². The molecule has 1 aliphatic rings. The highest BCUT2D eigenvalue weighted by molar-refractivity contribution is 7.90. The van der Waals surface area contributed by atoms with Crippen molar-refractivity contribution < 1.29 is 22.3 Å². The van der Waals surface area contributed by atoms with E-state index in [2.05, 4.69) is 23.6 Å². The zero-order chi connectivity index (χ0) is 29.5. The number of pyridine rings is 2. The molecule has 1 amide bonds. The van der Waals surface area contributed by atoms with Crippen molar-refractivity contribution in [2.75, 3.05) is 23.8 Å². The third-order valence-electron chi connectivity index (χ3n) is 6.60. The molecule has 1 aromatic carbocycles. The molecule has 2 aromatic heterocycles. The van der Waals surface area contributed by atoms with Crippen molar-refractivity contribution in [3.8, 4) is 17.0 Å². The average molecular weight is 570 g/mol. The summed E-state index contributed by atoms with van der Waals surface area (Å²) in [5, 5.41) is -0.372. The summed E-state index contributed by atoms with van der Waals surface area (Å²) in [5.74, 6) is -0.403. The number of anilines is 2. The number of hydrogen-bond donors (Lipinski definition) is 2. The predicted molar refractivity (Wildman–Crippen MR) is 153 cm³/mol. The molecule has 11 heteroatoms. The third-order valence-corrected chi connectivity index (χ3v) is 7.83. The molecule has 1 fully saturated rings. The lowest BCUT2D eigenvalue weighted by molar-refractivity contribution is 0.0981. The molecule has 0 bridgehead atoms. The number of aromatic nitrogens is 2. The van der Waals surface area contributed by atoms with Crippen LogP contribution in [-0.4, -0.2) is 43.0 Å². The fourth-order valence-electron chi connectivity index (χ4n) is 5.18. The Hall–Kier alpha value is -3.73. The van der Waals surface area contributed by atoms with E-state index in [1.54, 1.807) is 12.1 Å². The van der Waals surface area contributed by atoms with Crippen LogP contribution in [0.3, 0.4) is 0 Å². The summed E-state index contributed by atoms with van der Waals surface area (Å²) in [6.45, 7) is 13.3. The Morgan fingerprint density at radius 1 is 1.12 bits per heavy atom. The maximum absolute atomic E-state index is 14.6. The number of halogens is 1. The summed E-state index contributed by atoms with van der Waals surface area (Å²) in [7, 11) is -4.31. The summed E-state index contributed by atoms with van der Waals surface area (Å²) < 4.78 is 48.4. The van der Waals surface area contributed by atoms with Crippen molar-refractivity contribution in [1.82, 2.24) is 14.7 Å². The van der Waals surface area contributed by atoms with Crippen LogP contribution in [0.2, 0.25) is 0 Å². The molecule has 40 heavy (non-hydrogen) atoms. The third kappa shape index (κ3) is 6.52. The molecular formula is C29H36FN5O4S. The van der Waals surface area contributed by atoms with Crippen LogP contribution >= 0.6 is 0 Å². The van der Waals surface area contributed by atoms with E-state index in [9.17, 15) is 17.6 Å². The lowest BCUT2D eigenvalue weighted by atomic mass is 9.86. The minimum Gasteiger partial charge on any atom is -0.493 e. The molecule has 3 aromatic rings. The minimum atomic E-state index is -4.31. The van der Waals surface area contributed by atoms with Crippen molar-refractivity contribution in [3.05, 3.63) is 59.9 Å². The number of carbonyl (C=O) groups excluding carboxylic acids is 1. The number of sulfonamides is 1. The van der Waals surface area contributed by atoms with Crippen LogP contribution in [0, 0.1) is 17.2 Å². The second kappa shape index (κ2) is 10.7. The molecule has 1 aliphatic heterocycles. The van der Waals surface area contributed by atoms with Crippen LogP contribution in [0.4, 0.5) is 16.0 Å². The van der Waals surface area contributed by atoms with Crippen LogP contribution in [0.5, 0.6) is 5.75 Å². The number of nitrogens with zero attached hydrogens (tertiary/aromatic N) is 3. The number of rotatable bonds is 8. The Balaban J connectivity index is 1.79. The van der Waals surface area contributed by atoms with E-state index in [1.165, 1.54) is 36.4 Å². The summed E-state index contributed by atoms with van der Waals surface area (Å²) >= 11 is 0. The quantitative estimate of drug-likeness (QED) is 0.387. The number of amides is 1. The SMILES string of the molecule is CC(C)COc1cc(F)cc(-c2ccc(C(=O)NS(=O)(=O)c3cccc(N)n3)c(N3CC(C)(C)CC3(C)C)n2)c1. The topological polar surface area (TPSA) is 128 Å². The molecular weight excluding hydrogens is 533 g/mol. The first-order valence-electron chi connectivity index (χ1n) is 13.1. The summed E-state index contributed by atoms with van der Waals surface area (Å²) in [5.41, 5.74) is 6.11. The van der Waals surface area contributed by atoms with Gasteiger partial charge in [0, 0.05) is 23.7 Å². The van der Waals surface area contributed by atoms with E-state index in [-0.39, 0.29) is 27.7 Å². The number of carbonyl (C=O) groups is 1. The van der Waals surface area contributed by atoms with Crippen molar-refractivity contribution in [1.29, 1.82) is 0 Å². The molecule has 0 radical (unpaired) electrons. The molecule has 1 saturated heterocycles. The molecule has 0 spiro atoms. The maximum atomic E-state index is 14.6. The zero-order valence-electron chi connectivity index (χ0n) is 23.7. The van der Waals surface area contributed by atoms with Gasteiger partial charge in [-0.1, -0.05) is 33.8 Å². The van der Waals surface area contributed by atoms with Crippen molar-refractivity contribution in [2.24, 2.45) is 11.3 Å². The Labute approximate surface area is 235 Å². The minimum absolute atomic E-state index is 0.00918. The maximum Gasteiger partial charge on any atom is 0.281 e. The van der Waals surface area contributed by atoms with E-state index >= 15 is 0 Å². The number of nitrogen functional groups attached to an aromatic ring is 1. The fourth-order valence-corrected chi connectivity index (χ4v) is 6.13. The molecule has 3 N–H and O–H groups in total. The molecule has 3 heterocycles. The van der Waals surface area contributed by atoms with Gasteiger partial charge in [0.1, 0.15) is 23.2 Å². The summed E-state index contributed by atoms with van der Waals surface area (Å²) in [4.78, 5) is 24.1. The number of nitrogens with one attached hydrogen (secondary N) is 1. The monoisotopic (exact) mass is 569 g/mol. The number of hydrogen-bond acceptors (Lipinski definition) is 8. The average Bonchev–Trinajstić information content (AvgIpc) is 3.08. The Morgan fingerprint density at radius 3 is 2.48 bits per heavy atom. The fraction of sp³-hybridized carbons (Fsp3) is 0.414. The summed E-state index contributed by atoms with van der Waals surface area (Å²) in [6.07, 6.45) is 0.811. The summed E-state index contributed by atoms with van der Waals surface area (Å²) in [6, 6.07) is 11.6. The van der Waals surface area contributed by atoms with Crippen LogP contribution < -0.4 is 20.1 Å². The van der Waals surface area contributed by atoms with E-state index in [0.717, 1.165) is 6.42 Å². The Bertz CT molecular complexity index is 1540. The molecule has 0 atom stereocenters. The van der Waals surface area contributed by atoms with Gasteiger partial charge in [-0.15, -0.1) is 0 Å². The second-order valence-electron chi connectivity index (χ2n) is 12.0. The molecule has 0 unspecified atom stereocenters. The van der Waals surface area contributed by atoms with Gasteiger partial charge in [-0.05, 0) is 68.0 Å². The normalized spacial score (nSPS) is 16.2. The van der Waals surface area contributed by atoms with Gasteiger partial charge in [-0.3, -0.25) is 4.79 Å². The molecule has 214 valence electrons. The van der Waals surface area contributed by atoms with Gasteiger partial charge in [0.15, 0.2) is 5.03 Å². The van der Waals surface area contributed by atoms with Gasteiger partial charge in [0.2, 0.25) is 0 Å². The molecule has 0 aliphatic carbocycles. The van der Waals surface area contributed by atoms with Crippen LogP contribution in [0.1, 0.15) is 58.3 Å². The van der Waals surface area contributed by atoms with E-state index < -0.39 is 27.3 Å². The van der Waals surface area contributed by atoms with E-state index in [0.29, 0.717) is 36.0 Å². The number of benzene rings is 1. The smallest absolute Gasteiger partial charge is 0.281 e. The zero-order valence-corrected chi connectivity index (χ0v) is 24.5. The first-order valence-corrected chi connectivity index (χ1v) is 14.6. The van der Waals surface area contributed by atoms with Crippen LogP contribution in [0.15, 0.2) is 53.6 Å². The van der Waals surface area contributed by atoms with Gasteiger partial charge in [0.05, 0.1) is 17.9 Å². The molecule has 0 saturated carbocycles. The highest BCUT2D eigenvalue weighted by Crippen LogP contribution is 2.44. The lowest BCUT2D eigenvalue weighted by Crippen LogP contribution is -2.41. The van der Waals surface area contributed by atoms with Crippen LogP contribution in [0.25, 0.3) is 11.3 Å². The number of nitrogens with two attached hydrogens (primary N) is 1. The first kappa shape index (κ1) is 29.3.